The molecule has 0 amide bonds. The first-order valence-electron chi connectivity index (χ1n) is 16.3. The fourth-order valence-electron chi connectivity index (χ4n) is 3.57. The van der Waals surface area contributed by atoms with Crippen molar-refractivity contribution in [2.75, 3.05) is 0 Å². The Kier molecular flexibility index (Phi) is 54.1. The average molecular weight is 527 g/mol. The van der Waals surface area contributed by atoms with Gasteiger partial charge < -0.3 is 0 Å². The average Bonchev–Trinajstić information content (AvgIpc) is 3.08. The summed E-state index contributed by atoms with van der Waals surface area (Å²) in [7, 11) is 0. The largest absolute Gasteiger partial charge is 0.0683 e. The highest BCUT2D eigenvalue weighted by Gasteiger charge is 2.17. The molecule has 3 aromatic carbocycles. The van der Waals surface area contributed by atoms with Gasteiger partial charge in [0, 0.05) is 0 Å². The first kappa shape index (κ1) is 45.8. The highest BCUT2D eigenvalue weighted by molar-refractivity contribution is 5.81. The molecule has 1 aliphatic rings. The summed E-state index contributed by atoms with van der Waals surface area (Å²) < 4.78 is 0. The number of fused-ring (bicyclic) bond motifs is 1. The van der Waals surface area contributed by atoms with E-state index in [4.69, 9.17) is 0 Å². The third kappa shape index (κ3) is 28.5. The molecule has 1 fully saturated rings. The normalized spacial score (nSPS) is 13.8. The Morgan fingerprint density at radius 3 is 0.711 bits per heavy atom. The van der Waals surface area contributed by atoms with Crippen LogP contribution in [0.3, 0.4) is 0 Å². The van der Waals surface area contributed by atoms with Gasteiger partial charge in [-0.2, -0.15) is 0 Å². The molecular formula is C38H70. The lowest BCUT2D eigenvalue weighted by Crippen LogP contribution is -2.12. The molecule has 0 aromatic heterocycles. The van der Waals surface area contributed by atoms with Crippen LogP contribution in [0.15, 0.2) is 84.9 Å². The van der Waals surface area contributed by atoms with Gasteiger partial charge in [-0.15, -0.1) is 0 Å². The first-order valence-corrected chi connectivity index (χ1v) is 16.3. The van der Waals surface area contributed by atoms with Crippen LogP contribution in [0.2, 0.25) is 0 Å². The summed E-state index contributed by atoms with van der Waals surface area (Å²) in [5.41, 5.74) is 0. The summed E-state index contributed by atoms with van der Waals surface area (Å²) in [6, 6.07) is 28.7. The molecule has 0 aliphatic heterocycles. The van der Waals surface area contributed by atoms with E-state index in [1.54, 1.807) is 0 Å². The Bertz CT molecular complexity index is 589. The van der Waals surface area contributed by atoms with Gasteiger partial charge in [0.1, 0.15) is 0 Å². The molecule has 0 N–H and O–H groups in total. The van der Waals surface area contributed by atoms with Crippen molar-refractivity contribution in [3.05, 3.63) is 84.9 Å². The molecule has 3 aromatic rings. The maximum absolute atomic E-state index is 2.33. The summed E-state index contributed by atoms with van der Waals surface area (Å²) in [6.45, 7) is 28.7. The molecule has 0 unspecified atom stereocenters. The molecule has 0 bridgehead atoms. The van der Waals surface area contributed by atoms with Gasteiger partial charge in [0.15, 0.2) is 0 Å². The molecule has 0 heterocycles. The highest BCUT2D eigenvalue weighted by Crippen LogP contribution is 2.31. The number of benzene rings is 3. The fourth-order valence-corrected chi connectivity index (χ4v) is 3.57. The minimum Gasteiger partial charge on any atom is -0.0683 e. The van der Waals surface area contributed by atoms with Gasteiger partial charge in [0.2, 0.25) is 0 Å². The third-order valence-corrected chi connectivity index (χ3v) is 5.45. The smallest absolute Gasteiger partial charge is 0.0184 e. The van der Waals surface area contributed by atoms with Crippen LogP contribution in [0.5, 0.6) is 0 Å². The quantitative estimate of drug-likeness (QED) is 0.311. The summed E-state index contributed by atoms with van der Waals surface area (Å²) in [4.78, 5) is 0. The van der Waals surface area contributed by atoms with Crippen LogP contribution >= 0.6 is 0 Å². The van der Waals surface area contributed by atoms with Gasteiger partial charge in [0.25, 0.3) is 0 Å². The number of rotatable bonds is 2. The lowest BCUT2D eigenvalue weighted by atomic mass is 9.80. The molecule has 0 radical (unpaired) electrons. The van der Waals surface area contributed by atoms with Crippen molar-refractivity contribution in [2.45, 2.75) is 135 Å². The second kappa shape index (κ2) is 44.9. The molecule has 0 saturated heterocycles. The van der Waals surface area contributed by atoms with Crippen LogP contribution < -0.4 is 0 Å². The Hall–Kier alpha value is -2.08. The van der Waals surface area contributed by atoms with E-state index >= 15 is 0 Å². The van der Waals surface area contributed by atoms with E-state index in [2.05, 4.69) is 62.4 Å². The molecule has 0 spiro atoms. The number of hydrogen-bond acceptors (Lipinski definition) is 0. The highest BCUT2D eigenvalue weighted by atomic mass is 14.2. The first-order chi connectivity index (χ1) is 18.8. The molecule has 1 aliphatic carbocycles. The molecule has 4 rings (SSSR count). The van der Waals surface area contributed by atoms with E-state index in [9.17, 15) is 0 Å². The molecule has 38 heavy (non-hydrogen) atoms. The second-order valence-corrected chi connectivity index (χ2v) is 7.21. The maximum Gasteiger partial charge on any atom is -0.0184 e. The molecule has 0 nitrogen and oxygen atoms in total. The van der Waals surface area contributed by atoms with Gasteiger partial charge >= 0.3 is 0 Å². The van der Waals surface area contributed by atoms with Crippen LogP contribution in [-0.2, 0) is 0 Å². The summed E-state index contributed by atoms with van der Waals surface area (Å²) in [5, 5.41) is 2.62. The zero-order chi connectivity index (χ0) is 30.5. The molecule has 0 heteroatoms. The van der Waals surface area contributed by atoms with Crippen molar-refractivity contribution >= 4 is 10.8 Å². The van der Waals surface area contributed by atoms with E-state index in [1.165, 1.54) is 49.3 Å². The Morgan fingerprint density at radius 2 is 0.553 bits per heavy atom. The van der Waals surface area contributed by atoms with Crippen LogP contribution in [0.25, 0.3) is 10.8 Å². The molecule has 0 atom stereocenters. The van der Waals surface area contributed by atoms with Gasteiger partial charge in [-0.25, -0.2) is 0 Å². The van der Waals surface area contributed by atoms with E-state index in [-0.39, 0.29) is 0 Å². The summed E-state index contributed by atoms with van der Waals surface area (Å²) in [5.74, 6) is 2.14. The molecule has 222 valence electrons. The van der Waals surface area contributed by atoms with E-state index in [0.717, 1.165) is 11.8 Å². The van der Waals surface area contributed by atoms with Crippen molar-refractivity contribution < 1.29 is 0 Å². The van der Waals surface area contributed by atoms with Crippen molar-refractivity contribution in [3.8, 4) is 0 Å². The zero-order valence-electron chi connectivity index (χ0n) is 28.5. The fraction of sp³-hybridized carbons (Fsp3) is 0.579. The van der Waals surface area contributed by atoms with Crippen LogP contribution in [0, 0.1) is 11.8 Å². The maximum atomic E-state index is 2.33. The van der Waals surface area contributed by atoms with Crippen molar-refractivity contribution in [1.82, 2.24) is 0 Å². The predicted octanol–water partition coefficient (Wildman–Crippen LogP) is 14.3. The van der Waals surface area contributed by atoms with E-state index in [1.807, 2.05) is 119 Å². The lowest BCUT2D eigenvalue weighted by molar-refractivity contribution is 0.264. The SMILES string of the molecule is CC.CC.CC.CC.CC.CC.CCC1CCC(CC)CC1.c1ccc2ccccc2c1.c1ccccc1. The minimum atomic E-state index is 1.07. The summed E-state index contributed by atoms with van der Waals surface area (Å²) >= 11 is 0. The van der Waals surface area contributed by atoms with Crippen molar-refractivity contribution in [3.63, 3.8) is 0 Å². The minimum absolute atomic E-state index is 1.07. The van der Waals surface area contributed by atoms with Gasteiger partial charge in [-0.05, 0) is 22.6 Å². The standard InChI is InChI=1S/C10H8.C10H20.C6H6.6C2H6/c1-2-6-10-8-4-3-7-9(10)5-1;1-3-9-5-7-10(4-2)8-6-9;1-2-4-6-5-3-1;6*1-2/h1-8H;9-10H,3-8H2,1-2H3;1-6H;6*1-2H3. The Balaban J connectivity index is -0.000000121. The topological polar surface area (TPSA) is 0 Å². The van der Waals surface area contributed by atoms with Gasteiger partial charge in [0.05, 0.1) is 0 Å². The Labute approximate surface area is 242 Å². The van der Waals surface area contributed by atoms with E-state index < -0.39 is 0 Å². The van der Waals surface area contributed by atoms with Gasteiger partial charge in [-0.3, -0.25) is 0 Å². The summed E-state index contributed by atoms with van der Waals surface area (Å²) in [6.07, 6.45) is 8.86. The van der Waals surface area contributed by atoms with Crippen LogP contribution in [0.4, 0.5) is 0 Å². The van der Waals surface area contributed by atoms with Crippen LogP contribution in [0.1, 0.15) is 135 Å². The van der Waals surface area contributed by atoms with Gasteiger partial charge in [-0.1, -0.05) is 220 Å². The third-order valence-electron chi connectivity index (χ3n) is 5.45. The van der Waals surface area contributed by atoms with E-state index in [0.29, 0.717) is 0 Å². The van der Waals surface area contributed by atoms with Crippen LogP contribution in [-0.4, -0.2) is 0 Å². The second-order valence-electron chi connectivity index (χ2n) is 7.21. The zero-order valence-corrected chi connectivity index (χ0v) is 28.5. The lowest BCUT2D eigenvalue weighted by Gasteiger charge is -2.26. The van der Waals surface area contributed by atoms with Crippen molar-refractivity contribution in [1.29, 1.82) is 0 Å². The molecule has 1 saturated carbocycles. The monoisotopic (exact) mass is 527 g/mol. The Morgan fingerprint density at radius 1 is 0.368 bits per heavy atom. The molecular weight excluding hydrogens is 456 g/mol. The number of hydrogen-bond donors (Lipinski definition) is 0. The predicted molar refractivity (Wildman–Crippen MR) is 185 cm³/mol. The van der Waals surface area contributed by atoms with Crippen molar-refractivity contribution in [2.24, 2.45) is 11.8 Å².